The van der Waals surface area contributed by atoms with Crippen molar-refractivity contribution < 1.29 is 9.59 Å². The molecule has 2 rings (SSSR count). The highest BCUT2D eigenvalue weighted by Gasteiger charge is 2.30. The zero-order valence-electron chi connectivity index (χ0n) is 15.0. The van der Waals surface area contributed by atoms with E-state index in [2.05, 4.69) is 10.2 Å². The fourth-order valence-corrected chi connectivity index (χ4v) is 3.85. The van der Waals surface area contributed by atoms with Gasteiger partial charge in [-0.25, -0.2) is 0 Å². The molecule has 1 atom stereocenters. The predicted molar refractivity (Wildman–Crippen MR) is 92.0 cm³/mol. The van der Waals surface area contributed by atoms with Crippen LogP contribution < -0.4 is 5.32 Å². The van der Waals surface area contributed by atoms with Crippen molar-refractivity contribution in [1.29, 1.82) is 0 Å². The Morgan fingerprint density at radius 2 is 1.70 bits per heavy atom. The number of nitrogens with one attached hydrogen (secondary N) is 1. The third kappa shape index (κ3) is 5.20. The Balaban J connectivity index is 1.72. The van der Waals surface area contributed by atoms with Gasteiger partial charge < -0.3 is 10.2 Å². The van der Waals surface area contributed by atoms with E-state index in [-0.39, 0.29) is 23.8 Å². The van der Waals surface area contributed by atoms with Gasteiger partial charge in [-0.05, 0) is 51.6 Å². The molecule has 2 amide bonds. The van der Waals surface area contributed by atoms with Gasteiger partial charge in [0.15, 0.2) is 0 Å². The van der Waals surface area contributed by atoms with Crippen molar-refractivity contribution in [1.82, 2.24) is 15.1 Å². The molecule has 1 heterocycles. The number of carbonyl (C=O) groups excluding carboxylic acids is 2. The fraction of sp³-hybridized carbons (Fsp3) is 0.889. The highest BCUT2D eigenvalue weighted by atomic mass is 16.2. The maximum absolute atomic E-state index is 12.4. The number of carbonyl (C=O) groups is 2. The van der Waals surface area contributed by atoms with Crippen LogP contribution in [0.3, 0.4) is 0 Å². The summed E-state index contributed by atoms with van der Waals surface area (Å²) in [7, 11) is 3.63. The van der Waals surface area contributed by atoms with Gasteiger partial charge in [0.25, 0.3) is 0 Å². The Morgan fingerprint density at radius 3 is 2.26 bits per heavy atom. The summed E-state index contributed by atoms with van der Waals surface area (Å²) in [6.07, 6.45) is 8.20. The van der Waals surface area contributed by atoms with E-state index in [0.29, 0.717) is 5.92 Å². The summed E-state index contributed by atoms with van der Waals surface area (Å²) in [6, 6.07) is -0.0889. The van der Waals surface area contributed by atoms with Crippen LogP contribution in [0.15, 0.2) is 0 Å². The van der Waals surface area contributed by atoms with Crippen LogP contribution in [0.1, 0.15) is 51.9 Å². The normalized spacial score (nSPS) is 22.6. The third-order valence-electron chi connectivity index (χ3n) is 5.54. The van der Waals surface area contributed by atoms with Gasteiger partial charge in [-0.3, -0.25) is 14.5 Å². The number of rotatable bonds is 5. The van der Waals surface area contributed by atoms with Crippen molar-refractivity contribution in [3.05, 3.63) is 0 Å². The Bertz CT molecular complexity index is 397. The second-order valence-corrected chi connectivity index (χ2v) is 7.47. The number of likely N-dealkylation sites (tertiary alicyclic amines) is 1. The number of piperidine rings is 1. The molecule has 1 aliphatic carbocycles. The van der Waals surface area contributed by atoms with Crippen molar-refractivity contribution in [3.63, 3.8) is 0 Å². The molecule has 0 bridgehead atoms. The van der Waals surface area contributed by atoms with Crippen molar-refractivity contribution >= 4 is 11.8 Å². The van der Waals surface area contributed by atoms with Gasteiger partial charge in [-0.15, -0.1) is 0 Å². The lowest BCUT2D eigenvalue weighted by Crippen LogP contribution is -2.50. The number of nitrogens with zero attached hydrogens (tertiary/aromatic N) is 2. The molecule has 0 aromatic heterocycles. The van der Waals surface area contributed by atoms with Crippen LogP contribution in [0.25, 0.3) is 0 Å². The van der Waals surface area contributed by atoms with E-state index in [1.165, 1.54) is 32.1 Å². The van der Waals surface area contributed by atoms with Crippen LogP contribution in [-0.2, 0) is 9.59 Å². The van der Waals surface area contributed by atoms with Gasteiger partial charge in [0.05, 0.1) is 6.04 Å². The van der Waals surface area contributed by atoms with Gasteiger partial charge in [0.2, 0.25) is 11.8 Å². The van der Waals surface area contributed by atoms with Gasteiger partial charge in [-0.2, -0.15) is 0 Å². The van der Waals surface area contributed by atoms with Crippen LogP contribution in [-0.4, -0.2) is 61.4 Å². The van der Waals surface area contributed by atoms with E-state index < -0.39 is 0 Å². The summed E-state index contributed by atoms with van der Waals surface area (Å²) in [5.74, 6) is 1.16. The smallest absolute Gasteiger partial charge is 0.237 e. The first-order valence-electron chi connectivity index (χ1n) is 9.22. The molecule has 1 saturated carbocycles. The van der Waals surface area contributed by atoms with E-state index in [1.54, 1.807) is 4.90 Å². The summed E-state index contributed by atoms with van der Waals surface area (Å²) < 4.78 is 0. The minimum atomic E-state index is -0.0889. The quantitative estimate of drug-likeness (QED) is 0.840. The highest BCUT2D eigenvalue weighted by molar-refractivity contribution is 5.81. The Hall–Kier alpha value is -1.10. The van der Waals surface area contributed by atoms with Gasteiger partial charge in [0.1, 0.15) is 0 Å². The molecular weight excluding hydrogens is 290 g/mol. The molecule has 5 nitrogen and oxygen atoms in total. The van der Waals surface area contributed by atoms with Crippen molar-refractivity contribution in [2.24, 2.45) is 11.8 Å². The van der Waals surface area contributed by atoms with Crippen molar-refractivity contribution in [2.75, 3.05) is 33.7 Å². The fourth-order valence-electron chi connectivity index (χ4n) is 3.85. The molecule has 0 aromatic rings. The molecule has 1 aliphatic heterocycles. The SMILES string of the molecule is CC(C(=O)NCC1CCCCC1)N1CCC(C(=O)N(C)C)CC1. The topological polar surface area (TPSA) is 52.7 Å². The molecular formula is C18H33N3O2. The Labute approximate surface area is 140 Å². The minimum Gasteiger partial charge on any atom is -0.354 e. The monoisotopic (exact) mass is 323 g/mol. The average molecular weight is 323 g/mol. The standard InChI is InChI=1S/C18H33N3O2/c1-14(17(22)19-13-15-7-5-4-6-8-15)21-11-9-16(10-12-21)18(23)20(2)3/h14-16H,4-13H2,1-3H3,(H,19,22). The molecule has 0 radical (unpaired) electrons. The van der Waals surface area contributed by atoms with Crippen LogP contribution in [0.5, 0.6) is 0 Å². The maximum Gasteiger partial charge on any atom is 0.237 e. The molecule has 0 spiro atoms. The number of hydrogen-bond donors (Lipinski definition) is 1. The predicted octanol–water partition coefficient (Wildman–Crippen LogP) is 1.87. The maximum atomic E-state index is 12.4. The lowest BCUT2D eigenvalue weighted by molar-refractivity contribution is -0.135. The van der Waals surface area contributed by atoms with E-state index >= 15 is 0 Å². The first kappa shape index (κ1) is 18.2. The Kier molecular flexibility index (Phi) is 6.88. The largest absolute Gasteiger partial charge is 0.354 e. The van der Waals surface area contributed by atoms with Crippen LogP contribution in [0.2, 0.25) is 0 Å². The van der Waals surface area contributed by atoms with Crippen LogP contribution in [0.4, 0.5) is 0 Å². The summed E-state index contributed by atoms with van der Waals surface area (Å²) >= 11 is 0. The van der Waals surface area contributed by atoms with Crippen LogP contribution >= 0.6 is 0 Å². The third-order valence-corrected chi connectivity index (χ3v) is 5.54. The molecule has 23 heavy (non-hydrogen) atoms. The summed E-state index contributed by atoms with van der Waals surface area (Å²) in [6.45, 7) is 4.49. The lowest BCUT2D eigenvalue weighted by Gasteiger charge is -2.35. The molecule has 1 saturated heterocycles. The summed E-state index contributed by atoms with van der Waals surface area (Å²) in [5.41, 5.74) is 0. The minimum absolute atomic E-state index is 0.0889. The molecule has 1 unspecified atom stereocenters. The zero-order chi connectivity index (χ0) is 16.8. The second-order valence-electron chi connectivity index (χ2n) is 7.47. The van der Waals surface area contributed by atoms with Gasteiger partial charge in [-0.1, -0.05) is 19.3 Å². The van der Waals surface area contributed by atoms with Crippen molar-refractivity contribution in [3.8, 4) is 0 Å². The lowest BCUT2D eigenvalue weighted by atomic mass is 9.89. The van der Waals surface area contributed by atoms with Crippen molar-refractivity contribution in [2.45, 2.75) is 57.9 Å². The number of amides is 2. The second kappa shape index (κ2) is 8.67. The van der Waals surface area contributed by atoms with Gasteiger partial charge >= 0.3 is 0 Å². The average Bonchev–Trinajstić information content (AvgIpc) is 2.59. The Morgan fingerprint density at radius 1 is 1.09 bits per heavy atom. The summed E-state index contributed by atoms with van der Waals surface area (Å²) in [5, 5.41) is 3.15. The van der Waals surface area contributed by atoms with E-state index in [0.717, 1.165) is 32.5 Å². The number of hydrogen-bond acceptors (Lipinski definition) is 3. The molecule has 2 fully saturated rings. The highest BCUT2D eigenvalue weighted by Crippen LogP contribution is 2.23. The molecule has 1 N–H and O–H groups in total. The first-order chi connectivity index (χ1) is 11.0. The molecule has 5 heteroatoms. The van der Waals surface area contributed by atoms with E-state index in [1.807, 2.05) is 21.0 Å². The van der Waals surface area contributed by atoms with E-state index in [9.17, 15) is 9.59 Å². The first-order valence-corrected chi connectivity index (χ1v) is 9.22. The summed E-state index contributed by atoms with van der Waals surface area (Å²) in [4.78, 5) is 28.3. The molecule has 0 aromatic carbocycles. The van der Waals surface area contributed by atoms with Gasteiger partial charge in [0, 0.05) is 26.6 Å². The molecule has 2 aliphatic rings. The van der Waals surface area contributed by atoms with Crippen LogP contribution in [0, 0.1) is 11.8 Å². The molecule has 132 valence electrons. The van der Waals surface area contributed by atoms with E-state index in [4.69, 9.17) is 0 Å². The zero-order valence-corrected chi connectivity index (χ0v) is 15.0.